The van der Waals surface area contributed by atoms with Gasteiger partial charge in [0.1, 0.15) is 5.70 Å². The van der Waals surface area contributed by atoms with Gasteiger partial charge >= 0.3 is 0 Å². The fraction of sp³-hybridized carbons (Fsp3) is 0.160. The van der Waals surface area contributed by atoms with Gasteiger partial charge in [0.2, 0.25) is 0 Å². The molecule has 5 rings (SSSR count). The van der Waals surface area contributed by atoms with Crippen LogP contribution in [0, 0.1) is 6.92 Å². The smallest absolute Gasteiger partial charge is 0.278 e. The van der Waals surface area contributed by atoms with Gasteiger partial charge in [0, 0.05) is 24.6 Å². The Hall–Kier alpha value is -3.73. The zero-order valence-electron chi connectivity index (χ0n) is 16.7. The number of aromatic nitrogens is 1. The second kappa shape index (κ2) is 7.26. The first-order valence-electron chi connectivity index (χ1n) is 10.1. The molecule has 0 aliphatic carbocycles. The molecular formula is C25H21N3O2. The van der Waals surface area contributed by atoms with E-state index in [-0.39, 0.29) is 18.4 Å². The van der Waals surface area contributed by atoms with E-state index in [1.165, 1.54) is 10.5 Å². The molecule has 3 heterocycles. The van der Waals surface area contributed by atoms with Crippen LogP contribution in [0.2, 0.25) is 0 Å². The van der Waals surface area contributed by atoms with Crippen molar-refractivity contribution in [3.8, 4) is 0 Å². The van der Waals surface area contributed by atoms with E-state index in [1.54, 1.807) is 12.4 Å². The summed E-state index contributed by atoms with van der Waals surface area (Å²) < 4.78 is 0. The van der Waals surface area contributed by atoms with E-state index in [9.17, 15) is 9.59 Å². The molecule has 5 heteroatoms. The molecule has 0 spiro atoms. The number of carbonyl (C=O) groups is 2. The van der Waals surface area contributed by atoms with Crippen LogP contribution < -0.4 is 4.90 Å². The summed E-state index contributed by atoms with van der Waals surface area (Å²) in [7, 11) is 0. The first-order chi connectivity index (χ1) is 14.6. The summed E-state index contributed by atoms with van der Waals surface area (Å²) in [5.74, 6) is -0.511. The van der Waals surface area contributed by atoms with E-state index in [0.29, 0.717) is 17.8 Å². The van der Waals surface area contributed by atoms with Gasteiger partial charge in [0.15, 0.2) is 0 Å². The highest BCUT2D eigenvalue weighted by molar-refractivity contribution is 6.36. The predicted molar refractivity (Wildman–Crippen MR) is 115 cm³/mol. The number of anilines is 1. The van der Waals surface area contributed by atoms with E-state index in [0.717, 1.165) is 28.8 Å². The minimum atomic E-state index is -0.257. The van der Waals surface area contributed by atoms with Gasteiger partial charge in [-0.25, -0.2) is 0 Å². The van der Waals surface area contributed by atoms with Crippen molar-refractivity contribution in [2.45, 2.75) is 19.9 Å². The van der Waals surface area contributed by atoms with Gasteiger partial charge in [-0.05, 0) is 42.2 Å². The molecule has 2 aromatic carbocycles. The Morgan fingerprint density at radius 2 is 1.73 bits per heavy atom. The number of pyridine rings is 1. The van der Waals surface area contributed by atoms with Crippen molar-refractivity contribution in [2.75, 3.05) is 11.4 Å². The number of para-hydroxylation sites is 1. The number of hydrogen-bond acceptors (Lipinski definition) is 4. The number of benzene rings is 2. The fourth-order valence-electron chi connectivity index (χ4n) is 4.18. The van der Waals surface area contributed by atoms with Crippen molar-refractivity contribution < 1.29 is 9.59 Å². The van der Waals surface area contributed by atoms with E-state index in [2.05, 4.69) is 11.1 Å². The molecule has 0 radical (unpaired) electrons. The standard InChI is InChI=1S/C25H21N3O2/c1-17-8-10-20(11-9-17)22-23(27-14-12-19-6-2-3-7-21(19)27)25(30)28(24(22)29)16-18-5-4-13-26-15-18/h2-11,13,15H,12,14,16H2,1H3. The Morgan fingerprint density at radius 1 is 0.933 bits per heavy atom. The summed E-state index contributed by atoms with van der Waals surface area (Å²) in [5, 5.41) is 0. The molecule has 0 saturated carbocycles. The summed E-state index contributed by atoms with van der Waals surface area (Å²) >= 11 is 0. The second-order valence-electron chi connectivity index (χ2n) is 7.68. The first kappa shape index (κ1) is 18.3. The van der Waals surface area contributed by atoms with Gasteiger partial charge in [-0.2, -0.15) is 0 Å². The molecule has 0 N–H and O–H groups in total. The van der Waals surface area contributed by atoms with Crippen molar-refractivity contribution >= 4 is 23.1 Å². The van der Waals surface area contributed by atoms with Crippen molar-refractivity contribution in [3.05, 3.63) is 101 Å². The predicted octanol–water partition coefficient (Wildman–Crippen LogP) is 3.73. The Morgan fingerprint density at radius 3 is 2.50 bits per heavy atom. The molecule has 2 aliphatic rings. The highest BCUT2D eigenvalue weighted by Crippen LogP contribution is 2.38. The molecule has 0 atom stereocenters. The average Bonchev–Trinajstić information content (AvgIpc) is 3.29. The average molecular weight is 395 g/mol. The summed E-state index contributed by atoms with van der Waals surface area (Å²) in [4.78, 5) is 34.5. The zero-order valence-corrected chi connectivity index (χ0v) is 16.7. The number of hydrogen-bond donors (Lipinski definition) is 0. The van der Waals surface area contributed by atoms with Crippen molar-refractivity contribution in [1.82, 2.24) is 9.88 Å². The quantitative estimate of drug-likeness (QED) is 0.632. The highest BCUT2D eigenvalue weighted by Gasteiger charge is 2.43. The van der Waals surface area contributed by atoms with E-state index < -0.39 is 0 Å². The minimum absolute atomic E-state index is 0.208. The summed E-state index contributed by atoms with van der Waals surface area (Å²) in [6.07, 6.45) is 4.22. The zero-order chi connectivity index (χ0) is 20.7. The molecule has 1 aromatic heterocycles. The molecule has 0 saturated heterocycles. The Bertz CT molecular complexity index is 1170. The van der Waals surface area contributed by atoms with Gasteiger partial charge in [-0.3, -0.25) is 19.5 Å². The van der Waals surface area contributed by atoms with Crippen molar-refractivity contribution in [1.29, 1.82) is 0 Å². The number of aryl methyl sites for hydroxylation is 1. The second-order valence-corrected chi connectivity index (χ2v) is 7.68. The molecule has 148 valence electrons. The van der Waals surface area contributed by atoms with Gasteiger partial charge in [0.05, 0.1) is 12.1 Å². The SMILES string of the molecule is Cc1ccc(C2=C(N3CCc4ccccc43)C(=O)N(Cc3cccnc3)C2=O)cc1. The van der Waals surface area contributed by atoms with Crippen molar-refractivity contribution in [2.24, 2.45) is 0 Å². The minimum Gasteiger partial charge on any atom is -0.336 e. The van der Waals surface area contributed by atoms with Gasteiger partial charge < -0.3 is 4.90 Å². The lowest BCUT2D eigenvalue weighted by atomic mass is 10.0. The van der Waals surface area contributed by atoms with Gasteiger partial charge in [0.25, 0.3) is 11.8 Å². The summed E-state index contributed by atoms with van der Waals surface area (Å²) in [5.41, 5.74) is 5.84. The molecule has 5 nitrogen and oxygen atoms in total. The monoisotopic (exact) mass is 395 g/mol. The van der Waals surface area contributed by atoms with Crippen LogP contribution in [0.25, 0.3) is 5.57 Å². The maximum absolute atomic E-state index is 13.6. The molecule has 3 aromatic rings. The van der Waals surface area contributed by atoms with Crippen LogP contribution in [-0.2, 0) is 22.6 Å². The highest BCUT2D eigenvalue weighted by atomic mass is 16.2. The van der Waals surface area contributed by atoms with E-state index in [4.69, 9.17) is 0 Å². The summed E-state index contributed by atoms with van der Waals surface area (Å²) in [6.45, 7) is 2.90. The van der Waals surface area contributed by atoms with Crippen LogP contribution in [0.4, 0.5) is 5.69 Å². The Kier molecular flexibility index (Phi) is 4.43. The molecule has 2 aliphatic heterocycles. The normalized spacial score (nSPS) is 15.9. The van der Waals surface area contributed by atoms with E-state index in [1.807, 2.05) is 66.4 Å². The maximum Gasteiger partial charge on any atom is 0.278 e. The molecule has 0 fully saturated rings. The number of imide groups is 1. The third kappa shape index (κ3) is 2.99. The van der Waals surface area contributed by atoms with Crippen LogP contribution in [0.3, 0.4) is 0 Å². The molecular weight excluding hydrogens is 374 g/mol. The van der Waals surface area contributed by atoms with Gasteiger partial charge in [-0.15, -0.1) is 0 Å². The first-order valence-corrected chi connectivity index (χ1v) is 10.1. The van der Waals surface area contributed by atoms with Crippen LogP contribution in [-0.4, -0.2) is 28.2 Å². The molecule has 2 amide bonds. The third-order valence-electron chi connectivity index (χ3n) is 5.70. The van der Waals surface area contributed by atoms with Crippen LogP contribution in [0.1, 0.15) is 22.3 Å². The molecule has 0 unspecified atom stereocenters. The van der Waals surface area contributed by atoms with Crippen LogP contribution in [0.15, 0.2) is 78.8 Å². The van der Waals surface area contributed by atoms with Crippen LogP contribution in [0.5, 0.6) is 0 Å². The molecule has 30 heavy (non-hydrogen) atoms. The topological polar surface area (TPSA) is 53.5 Å². The Balaban J connectivity index is 1.62. The Labute approximate surface area is 175 Å². The lowest BCUT2D eigenvalue weighted by Gasteiger charge is -2.21. The number of amides is 2. The molecule has 0 bridgehead atoms. The van der Waals surface area contributed by atoms with Gasteiger partial charge in [-0.1, -0.05) is 54.1 Å². The maximum atomic E-state index is 13.6. The lowest BCUT2D eigenvalue weighted by Crippen LogP contribution is -2.34. The lowest BCUT2D eigenvalue weighted by molar-refractivity contribution is -0.137. The largest absolute Gasteiger partial charge is 0.336 e. The number of rotatable bonds is 4. The summed E-state index contributed by atoms with van der Waals surface area (Å²) in [6, 6.07) is 19.6. The van der Waals surface area contributed by atoms with E-state index >= 15 is 0 Å². The number of fused-ring (bicyclic) bond motifs is 1. The number of carbonyl (C=O) groups excluding carboxylic acids is 2. The van der Waals surface area contributed by atoms with Crippen molar-refractivity contribution in [3.63, 3.8) is 0 Å². The number of nitrogens with zero attached hydrogens (tertiary/aromatic N) is 3. The fourth-order valence-corrected chi connectivity index (χ4v) is 4.18. The van der Waals surface area contributed by atoms with Crippen LogP contribution >= 0.6 is 0 Å². The third-order valence-corrected chi connectivity index (χ3v) is 5.70.